The lowest BCUT2D eigenvalue weighted by atomic mass is 9.96. The number of amides is 4. The average molecular weight is 638 g/mol. The van der Waals surface area contributed by atoms with Crippen molar-refractivity contribution in [3.05, 3.63) is 65.2 Å². The number of phenols is 1. The van der Waals surface area contributed by atoms with Gasteiger partial charge in [-0.3, -0.25) is 19.2 Å². The van der Waals surface area contributed by atoms with Crippen LogP contribution in [0.5, 0.6) is 5.75 Å². The topological polar surface area (TPSA) is 191 Å². The summed E-state index contributed by atoms with van der Waals surface area (Å²) in [6.07, 6.45) is 1.79. The normalized spacial score (nSPS) is 17.1. The van der Waals surface area contributed by atoms with E-state index in [2.05, 4.69) is 16.0 Å². The van der Waals surface area contributed by atoms with Crippen molar-refractivity contribution in [1.82, 2.24) is 20.9 Å². The van der Waals surface area contributed by atoms with Crippen LogP contribution in [0.3, 0.4) is 0 Å². The number of aromatic hydroxyl groups is 1. The van der Waals surface area contributed by atoms with Gasteiger partial charge >= 0.3 is 5.97 Å². The lowest BCUT2D eigenvalue weighted by molar-refractivity contribution is -0.143. The Morgan fingerprint density at radius 3 is 2.09 bits per heavy atom. The minimum Gasteiger partial charge on any atom is -0.508 e. The van der Waals surface area contributed by atoms with Crippen LogP contribution in [0, 0.1) is 11.8 Å². The van der Waals surface area contributed by atoms with Gasteiger partial charge in [0.25, 0.3) is 5.91 Å². The van der Waals surface area contributed by atoms with Gasteiger partial charge in [0.15, 0.2) is 0 Å². The van der Waals surface area contributed by atoms with Gasteiger partial charge in [-0.1, -0.05) is 58.4 Å². The van der Waals surface area contributed by atoms with Gasteiger partial charge < -0.3 is 36.8 Å². The number of likely N-dealkylation sites (tertiary alicyclic amines) is 1. The van der Waals surface area contributed by atoms with E-state index in [-0.39, 0.29) is 36.3 Å². The van der Waals surface area contributed by atoms with E-state index in [0.29, 0.717) is 43.5 Å². The van der Waals surface area contributed by atoms with E-state index in [1.54, 1.807) is 43.3 Å². The van der Waals surface area contributed by atoms with E-state index in [4.69, 9.17) is 5.73 Å². The van der Waals surface area contributed by atoms with Crippen molar-refractivity contribution in [2.75, 3.05) is 6.54 Å². The van der Waals surface area contributed by atoms with Crippen molar-refractivity contribution in [2.24, 2.45) is 17.6 Å². The fraction of sp³-hybridized carbons (Fsp3) is 0.500. The van der Waals surface area contributed by atoms with Crippen LogP contribution < -0.4 is 21.7 Å². The van der Waals surface area contributed by atoms with Gasteiger partial charge in [0, 0.05) is 25.1 Å². The molecule has 0 bridgehead atoms. The molecular formula is C34H47N5O7. The summed E-state index contributed by atoms with van der Waals surface area (Å²) in [4.78, 5) is 67.6. The van der Waals surface area contributed by atoms with Crippen LogP contribution >= 0.6 is 0 Å². The molecule has 1 fully saturated rings. The third-order valence-corrected chi connectivity index (χ3v) is 8.38. The number of phenolic OH excluding ortho intramolecular Hbond substituents is 1. The summed E-state index contributed by atoms with van der Waals surface area (Å²) in [7, 11) is 0. The number of rotatable bonds is 15. The summed E-state index contributed by atoms with van der Waals surface area (Å²) < 4.78 is 0. The largest absolute Gasteiger partial charge is 0.508 e. The first-order valence-corrected chi connectivity index (χ1v) is 15.9. The molecule has 1 heterocycles. The Labute approximate surface area is 270 Å². The zero-order valence-electron chi connectivity index (χ0n) is 27.0. The van der Waals surface area contributed by atoms with Gasteiger partial charge in [-0.2, -0.15) is 0 Å². The second kappa shape index (κ2) is 16.7. The molecule has 0 spiro atoms. The summed E-state index contributed by atoms with van der Waals surface area (Å²) in [5.74, 6) is -3.54. The van der Waals surface area contributed by atoms with Crippen LogP contribution in [0.2, 0.25) is 0 Å². The molecular weight excluding hydrogens is 590 g/mol. The van der Waals surface area contributed by atoms with Crippen LogP contribution in [0.1, 0.15) is 74.9 Å². The third kappa shape index (κ3) is 9.77. The quantitative estimate of drug-likeness (QED) is 0.171. The third-order valence-electron chi connectivity index (χ3n) is 8.38. The minimum absolute atomic E-state index is 0.00952. The van der Waals surface area contributed by atoms with Gasteiger partial charge in [0.05, 0.1) is 0 Å². The van der Waals surface area contributed by atoms with E-state index < -0.39 is 47.9 Å². The Morgan fingerprint density at radius 1 is 0.891 bits per heavy atom. The van der Waals surface area contributed by atoms with Crippen molar-refractivity contribution >= 4 is 29.6 Å². The Morgan fingerprint density at radius 2 is 1.52 bits per heavy atom. The van der Waals surface area contributed by atoms with Gasteiger partial charge in [-0.25, -0.2) is 4.79 Å². The summed E-state index contributed by atoms with van der Waals surface area (Å²) in [6, 6.07) is 8.94. The predicted octanol–water partition coefficient (Wildman–Crippen LogP) is 2.33. The maximum atomic E-state index is 13.8. The molecule has 46 heavy (non-hydrogen) atoms. The number of carbonyl (C=O) groups excluding carboxylic acids is 4. The smallest absolute Gasteiger partial charge is 0.326 e. The number of benzene rings is 2. The summed E-state index contributed by atoms with van der Waals surface area (Å²) in [5, 5.41) is 27.6. The van der Waals surface area contributed by atoms with Crippen LogP contribution in [0.15, 0.2) is 48.5 Å². The molecule has 2 aromatic carbocycles. The zero-order valence-corrected chi connectivity index (χ0v) is 27.0. The first-order valence-electron chi connectivity index (χ1n) is 15.9. The molecule has 0 saturated carbocycles. The number of carbonyl (C=O) groups is 5. The molecule has 7 N–H and O–H groups in total. The molecule has 0 unspecified atom stereocenters. The molecule has 0 radical (unpaired) electrons. The highest BCUT2D eigenvalue weighted by atomic mass is 16.4. The van der Waals surface area contributed by atoms with Crippen LogP contribution in [0.25, 0.3) is 0 Å². The fourth-order valence-corrected chi connectivity index (χ4v) is 5.49. The SMILES string of the molecule is CC[C@H](C)[C@H](NC(=O)[C@H](Cc1ccc(O)cc1)NC(=O)[C@@H]1CCCN1C(=O)c1ccc(CN)cc1)C(=O)N[C@@H](CC(C)C)C(=O)O. The van der Waals surface area contributed by atoms with Crippen molar-refractivity contribution in [1.29, 1.82) is 0 Å². The Bertz CT molecular complexity index is 1360. The van der Waals surface area contributed by atoms with Crippen molar-refractivity contribution in [2.45, 2.75) is 90.5 Å². The first-order chi connectivity index (χ1) is 21.8. The van der Waals surface area contributed by atoms with Gasteiger partial charge in [-0.15, -0.1) is 0 Å². The van der Waals surface area contributed by atoms with Gasteiger partial charge in [0.2, 0.25) is 17.7 Å². The molecule has 12 heteroatoms. The Kier molecular flexibility index (Phi) is 13.1. The minimum atomic E-state index is -1.17. The molecule has 4 amide bonds. The highest BCUT2D eigenvalue weighted by Gasteiger charge is 2.37. The molecule has 3 rings (SSSR count). The summed E-state index contributed by atoms with van der Waals surface area (Å²) in [6.45, 7) is 8.04. The van der Waals surface area contributed by atoms with E-state index in [9.17, 15) is 34.2 Å². The Balaban J connectivity index is 1.83. The molecule has 5 atom stereocenters. The second-order valence-electron chi connectivity index (χ2n) is 12.4. The molecule has 0 aromatic heterocycles. The molecule has 0 aliphatic carbocycles. The van der Waals surface area contributed by atoms with Crippen LogP contribution in [-0.2, 0) is 32.1 Å². The molecule has 1 saturated heterocycles. The van der Waals surface area contributed by atoms with Crippen molar-refractivity contribution in [3.8, 4) is 5.75 Å². The van der Waals surface area contributed by atoms with E-state index >= 15 is 0 Å². The van der Waals surface area contributed by atoms with Gasteiger partial charge in [-0.05, 0) is 66.5 Å². The number of nitrogens with two attached hydrogens (primary N) is 1. The molecule has 2 aromatic rings. The predicted molar refractivity (Wildman–Crippen MR) is 173 cm³/mol. The second-order valence-corrected chi connectivity index (χ2v) is 12.4. The van der Waals surface area contributed by atoms with E-state index in [0.717, 1.165) is 5.56 Å². The van der Waals surface area contributed by atoms with E-state index in [1.807, 2.05) is 20.8 Å². The number of nitrogens with one attached hydrogen (secondary N) is 3. The monoisotopic (exact) mass is 637 g/mol. The fourth-order valence-electron chi connectivity index (χ4n) is 5.49. The summed E-state index contributed by atoms with van der Waals surface area (Å²) in [5.41, 5.74) is 7.62. The Hall–Kier alpha value is -4.45. The number of carboxylic acid groups (broad SMARTS) is 1. The number of carboxylic acids is 1. The number of hydrogen-bond acceptors (Lipinski definition) is 7. The average Bonchev–Trinajstić information content (AvgIpc) is 3.53. The van der Waals surface area contributed by atoms with Crippen LogP contribution in [-0.4, -0.2) is 75.4 Å². The molecule has 12 nitrogen and oxygen atoms in total. The maximum Gasteiger partial charge on any atom is 0.326 e. The first kappa shape index (κ1) is 36.0. The molecule has 1 aliphatic rings. The maximum absolute atomic E-state index is 13.8. The van der Waals surface area contributed by atoms with Gasteiger partial charge in [0.1, 0.15) is 29.9 Å². The van der Waals surface area contributed by atoms with Crippen molar-refractivity contribution in [3.63, 3.8) is 0 Å². The number of hydrogen-bond donors (Lipinski definition) is 6. The molecule has 1 aliphatic heterocycles. The zero-order chi connectivity index (χ0) is 34.0. The lowest BCUT2D eigenvalue weighted by Gasteiger charge is -2.29. The standard InChI is InChI=1S/C34H47N5O7/c1-5-21(4)29(32(43)37-27(34(45)46)17-20(2)3)38-30(41)26(18-22-10-14-25(40)15-11-22)36-31(42)28-7-6-16-39(28)33(44)24-12-8-23(19-35)9-13-24/h8-15,20-21,26-29,40H,5-7,16-19,35H2,1-4H3,(H,36,42)(H,37,43)(H,38,41)(H,45,46)/t21-,26-,27-,28-,29-/m0/s1. The van der Waals surface area contributed by atoms with E-state index in [1.165, 1.54) is 17.0 Å². The molecule has 250 valence electrons. The highest BCUT2D eigenvalue weighted by molar-refractivity contribution is 5.99. The number of nitrogens with zero attached hydrogens (tertiary/aromatic N) is 1. The van der Waals surface area contributed by atoms with Crippen molar-refractivity contribution < 1.29 is 34.2 Å². The number of aliphatic carboxylic acids is 1. The lowest BCUT2D eigenvalue weighted by Crippen LogP contribution is -2.59. The van der Waals surface area contributed by atoms with Crippen LogP contribution in [0.4, 0.5) is 0 Å². The highest BCUT2D eigenvalue weighted by Crippen LogP contribution is 2.22. The summed E-state index contributed by atoms with van der Waals surface area (Å²) >= 11 is 0.